The van der Waals surface area contributed by atoms with Gasteiger partial charge in [0.15, 0.2) is 5.75 Å². The molecular formula is C22H17N3O2. The van der Waals surface area contributed by atoms with E-state index in [2.05, 4.69) is 10.4 Å². The van der Waals surface area contributed by atoms with Gasteiger partial charge in [-0.05, 0) is 54.6 Å². The Balaban J connectivity index is 1.51. The summed E-state index contributed by atoms with van der Waals surface area (Å²) in [6.07, 6.45) is 3.57. The Morgan fingerprint density at radius 3 is 2.33 bits per heavy atom. The number of carbonyl (C=O) groups excluding carboxylic acids is 1. The van der Waals surface area contributed by atoms with Gasteiger partial charge in [0, 0.05) is 18.0 Å². The highest BCUT2D eigenvalue weighted by molar-refractivity contribution is 6.05. The minimum Gasteiger partial charge on any atom is -0.455 e. The van der Waals surface area contributed by atoms with Crippen molar-refractivity contribution in [3.63, 3.8) is 0 Å². The molecule has 0 unspecified atom stereocenters. The van der Waals surface area contributed by atoms with Crippen LogP contribution >= 0.6 is 0 Å². The number of hydrogen-bond donors (Lipinski definition) is 1. The third-order valence-corrected chi connectivity index (χ3v) is 4.00. The lowest BCUT2D eigenvalue weighted by Gasteiger charge is -2.12. The van der Waals surface area contributed by atoms with Gasteiger partial charge in [-0.15, -0.1) is 0 Å². The van der Waals surface area contributed by atoms with Crippen molar-refractivity contribution >= 4 is 11.6 Å². The molecule has 0 aliphatic rings. The SMILES string of the molecule is O=C(Nc1ccccc1Oc1ccccc1)c1ccc(-n2cccn2)cc1. The van der Waals surface area contributed by atoms with Gasteiger partial charge in [0.25, 0.3) is 5.91 Å². The Labute approximate surface area is 156 Å². The van der Waals surface area contributed by atoms with Crippen molar-refractivity contribution in [3.8, 4) is 17.2 Å². The molecule has 5 nitrogen and oxygen atoms in total. The van der Waals surface area contributed by atoms with E-state index in [4.69, 9.17) is 4.74 Å². The van der Waals surface area contributed by atoms with Gasteiger partial charge in [-0.25, -0.2) is 4.68 Å². The zero-order chi connectivity index (χ0) is 18.5. The number of amides is 1. The number of benzene rings is 3. The van der Waals surface area contributed by atoms with Crippen LogP contribution < -0.4 is 10.1 Å². The Bertz CT molecular complexity index is 1030. The average Bonchev–Trinajstić information content (AvgIpc) is 3.25. The first kappa shape index (κ1) is 16.6. The molecule has 0 spiro atoms. The second kappa shape index (κ2) is 7.58. The van der Waals surface area contributed by atoms with Gasteiger partial charge in [0.2, 0.25) is 0 Å². The molecule has 1 amide bonds. The molecule has 5 heteroatoms. The number of nitrogens with one attached hydrogen (secondary N) is 1. The van der Waals surface area contributed by atoms with Gasteiger partial charge in [-0.2, -0.15) is 5.10 Å². The Hall–Kier alpha value is -3.86. The van der Waals surface area contributed by atoms with Crippen molar-refractivity contribution in [2.75, 3.05) is 5.32 Å². The molecule has 1 heterocycles. The molecule has 4 aromatic rings. The summed E-state index contributed by atoms with van der Waals surface area (Å²) in [7, 11) is 0. The van der Waals surface area contributed by atoms with Gasteiger partial charge in [0.05, 0.1) is 11.4 Å². The van der Waals surface area contributed by atoms with E-state index in [0.29, 0.717) is 22.7 Å². The van der Waals surface area contributed by atoms with Crippen molar-refractivity contribution in [1.29, 1.82) is 0 Å². The van der Waals surface area contributed by atoms with Crippen LogP contribution in [-0.2, 0) is 0 Å². The molecule has 0 saturated carbocycles. The van der Waals surface area contributed by atoms with E-state index >= 15 is 0 Å². The van der Waals surface area contributed by atoms with Crippen LogP contribution in [0.2, 0.25) is 0 Å². The van der Waals surface area contributed by atoms with Crippen LogP contribution in [0.3, 0.4) is 0 Å². The normalized spacial score (nSPS) is 10.4. The highest BCUT2D eigenvalue weighted by atomic mass is 16.5. The first-order valence-electron chi connectivity index (χ1n) is 8.53. The van der Waals surface area contributed by atoms with E-state index in [1.165, 1.54) is 0 Å². The van der Waals surface area contributed by atoms with E-state index in [-0.39, 0.29) is 5.91 Å². The summed E-state index contributed by atoms with van der Waals surface area (Å²) in [6.45, 7) is 0. The van der Waals surface area contributed by atoms with E-state index in [9.17, 15) is 4.79 Å². The summed E-state index contributed by atoms with van der Waals surface area (Å²) in [5.41, 5.74) is 2.06. The number of para-hydroxylation sites is 3. The maximum absolute atomic E-state index is 12.6. The lowest BCUT2D eigenvalue weighted by Crippen LogP contribution is -2.12. The summed E-state index contributed by atoms with van der Waals surface area (Å²) < 4.78 is 7.63. The Kier molecular flexibility index (Phi) is 4.66. The lowest BCUT2D eigenvalue weighted by molar-refractivity contribution is 0.102. The fourth-order valence-corrected chi connectivity index (χ4v) is 2.66. The van der Waals surface area contributed by atoms with Gasteiger partial charge in [-0.3, -0.25) is 4.79 Å². The third-order valence-electron chi connectivity index (χ3n) is 4.00. The number of ether oxygens (including phenoxy) is 1. The summed E-state index contributed by atoms with van der Waals surface area (Å²) in [4.78, 5) is 12.6. The first-order chi connectivity index (χ1) is 13.3. The van der Waals surface area contributed by atoms with Crippen molar-refractivity contribution in [1.82, 2.24) is 9.78 Å². The predicted molar refractivity (Wildman–Crippen MR) is 104 cm³/mol. The van der Waals surface area contributed by atoms with Gasteiger partial charge in [-0.1, -0.05) is 30.3 Å². The smallest absolute Gasteiger partial charge is 0.255 e. The molecule has 4 rings (SSSR count). The quantitative estimate of drug-likeness (QED) is 0.553. The summed E-state index contributed by atoms with van der Waals surface area (Å²) in [5, 5.41) is 7.09. The number of nitrogens with zero attached hydrogens (tertiary/aromatic N) is 2. The van der Waals surface area contributed by atoms with Crippen LogP contribution in [0, 0.1) is 0 Å². The van der Waals surface area contributed by atoms with Crippen LogP contribution in [0.4, 0.5) is 5.69 Å². The van der Waals surface area contributed by atoms with Crippen LogP contribution in [-0.4, -0.2) is 15.7 Å². The van der Waals surface area contributed by atoms with Crippen molar-refractivity contribution in [2.45, 2.75) is 0 Å². The molecule has 3 aromatic carbocycles. The highest BCUT2D eigenvalue weighted by Crippen LogP contribution is 2.29. The molecule has 0 aliphatic heterocycles. The number of anilines is 1. The Morgan fingerprint density at radius 1 is 0.852 bits per heavy atom. The first-order valence-corrected chi connectivity index (χ1v) is 8.53. The molecule has 1 aromatic heterocycles. The monoisotopic (exact) mass is 355 g/mol. The minimum absolute atomic E-state index is 0.203. The second-order valence-electron chi connectivity index (χ2n) is 5.86. The molecule has 0 fully saturated rings. The fourth-order valence-electron chi connectivity index (χ4n) is 2.66. The molecule has 132 valence electrons. The summed E-state index contributed by atoms with van der Waals surface area (Å²) >= 11 is 0. The van der Waals surface area contributed by atoms with Crippen molar-refractivity contribution in [3.05, 3.63) is 103 Å². The summed E-state index contributed by atoms with van der Waals surface area (Å²) in [6, 6.07) is 25.9. The zero-order valence-corrected chi connectivity index (χ0v) is 14.4. The van der Waals surface area contributed by atoms with E-state index in [1.54, 1.807) is 23.0 Å². The van der Waals surface area contributed by atoms with Crippen LogP contribution in [0.5, 0.6) is 11.5 Å². The summed E-state index contributed by atoms with van der Waals surface area (Å²) in [5.74, 6) is 1.10. The van der Waals surface area contributed by atoms with Gasteiger partial charge in [0.1, 0.15) is 5.75 Å². The van der Waals surface area contributed by atoms with E-state index in [1.807, 2.05) is 79.0 Å². The zero-order valence-electron chi connectivity index (χ0n) is 14.4. The van der Waals surface area contributed by atoms with Crippen LogP contribution in [0.25, 0.3) is 5.69 Å². The van der Waals surface area contributed by atoms with E-state index < -0.39 is 0 Å². The number of hydrogen-bond acceptors (Lipinski definition) is 3. The topological polar surface area (TPSA) is 56.1 Å². The number of rotatable bonds is 5. The van der Waals surface area contributed by atoms with E-state index in [0.717, 1.165) is 5.69 Å². The standard InChI is InChI=1S/C22H17N3O2/c26-22(17-11-13-18(14-12-17)25-16-6-15-23-25)24-20-9-4-5-10-21(20)27-19-7-2-1-3-8-19/h1-16H,(H,24,26). The molecule has 0 saturated heterocycles. The lowest BCUT2D eigenvalue weighted by atomic mass is 10.2. The molecule has 0 bridgehead atoms. The highest BCUT2D eigenvalue weighted by Gasteiger charge is 2.11. The maximum atomic E-state index is 12.6. The Morgan fingerprint density at radius 2 is 1.59 bits per heavy atom. The molecule has 0 radical (unpaired) electrons. The van der Waals surface area contributed by atoms with Crippen LogP contribution in [0.15, 0.2) is 97.3 Å². The molecule has 27 heavy (non-hydrogen) atoms. The van der Waals surface area contributed by atoms with Gasteiger partial charge >= 0.3 is 0 Å². The van der Waals surface area contributed by atoms with Gasteiger partial charge < -0.3 is 10.1 Å². The fraction of sp³-hybridized carbons (Fsp3) is 0. The molecule has 1 N–H and O–H groups in total. The molecule has 0 atom stereocenters. The van der Waals surface area contributed by atoms with Crippen molar-refractivity contribution in [2.24, 2.45) is 0 Å². The number of carbonyl (C=O) groups is 1. The molecular weight excluding hydrogens is 338 g/mol. The molecule has 0 aliphatic carbocycles. The maximum Gasteiger partial charge on any atom is 0.255 e. The minimum atomic E-state index is -0.203. The predicted octanol–water partition coefficient (Wildman–Crippen LogP) is 4.92. The number of aromatic nitrogens is 2. The average molecular weight is 355 g/mol. The largest absolute Gasteiger partial charge is 0.455 e. The van der Waals surface area contributed by atoms with Crippen molar-refractivity contribution < 1.29 is 9.53 Å². The third kappa shape index (κ3) is 3.88. The second-order valence-corrected chi connectivity index (χ2v) is 5.86. The van der Waals surface area contributed by atoms with Crippen LogP contribution in [0.1, 0.15) is 10.4 Å².